The fraction of sp³-hybridized carbons (Fsp3) is 0.500. The largest absolute Gasteiger partial charge is 0.477 e. The fourth-order valence-corrected chi connectivity index (χ4v) is 5.97. The van der Waals surface area contributed by atoms with Gasteiger partial charge in [0, 0.05) is 18.6 Å². The number of nitriles is 1. The van der Waals surface area contributed by atoms with Gasteiger partial charge in [-0.25, -0.2) is 17.9 Å². The van der Waals surface area contributed by atoms with Gasteiger partial charge >= 0.3 is 5.97 Å². The summed E-state index contributed by atoms with van der Waals surface area (Å²) in [6.07, 6.45) is 0. The van der Waals surface area contributed by atoms with Gasteiger partial charge in [-0.15, -0.1) is 16.9 Å². The van der Waals surface area contributed by atoms with Crippen molar-refractivity contribution in [1.82, 2.24) is 30.4 Å². The van der Waals surface area contributed by atoms with E-state index in [4.69, 9.17) is 5.26 Å². The Hall–Kier alpha value is -2.64. The van der Waals surface area contributed by atoms with Gasteiger partial charge in [0.05, 0.1) is 6.07 Å². The molecule has 30 heavy (non-hydrogen) atoms. The number of nitrogens with zero attached hydrogens (tertiary/aromatic N) is 6. The van der Waals surface area contributed by atoms with Gasteiger partial charge in [0.15, 0.2) is 9.84 Å². The molecule has 2 aliphatic rings. The normalized spacial score (nSPS) is 20.9. The number of aryl methyl sites for hydroxylation is 1. The number of amides is 2. The highest BCUT2D eigenvalue weighted by molar-refractivity contribution is 8.01. The molecule has 0 aliphatic carbocycles. The minimum Gasteiger partial charge on any atom is -0.477 e. The van der Waals surface area contributed by atoms with Crippen LogP contribution in [-0.4, -0.2) is 90.8 Å². The van der Waals surface area contributed by atoms with Crippen LogP contribution < -0.4 is 5.32 Å². The van der Waals surface area contributed by atoms with Gasteiger partial charge in [0.2, 0.25) is 11.1 Å². The average Bonchev–Trinajstić information content (AvgIpc) is 3.07. The topological polar surface area (TPSA) is 188 Å². The Morgan fingerprint density at radius 1 is 1.47 bits per heavy atom. The monoisotopic (exact) mass is 473 g/mol. The number of sulfone groups is 1. The minimum absolute atomic E-state index is 0.158. The van der Waals surface area contributed by atoms with Crippen LogP contribution in [-0.2, 0) is 31.3 Å². The molecule has 3 heterocycles. The lowest BCUT2D eigenvalue weighted by Crippen LogP contribution is -2.71. The van der Waals surface area contributed by atoms with Crippen LogP contribution in [0.15, 0.2) is 16.4 Å². The lowest BCUT2D eigenvalue weighted by atomic mass is 10.0. The molecule has 3 rings (SSSR count). The summed E-state index contributed by atoms with van der Waals surface area (Å²) in [6.45, 7) is 0. The third kappa shape index (κ3) is 4.42. The number of nitrogens with one attached hydrogen (secondary N) is 1. The molecule has 2 atom stereocenters. The molecule has 1 aromatic rings. The van der Waals surface area contributed by atoms with Gasteiger partial charge in [-0.2, -0.15) is 5.26 Å². The quantitative estimate of drug-likeness (QED) is 0.312. The number of carboxylic acid groups (broad SMARTS) is 1. The third-order valence-electron chi connectivity index (χ3n) is 4.16. The number of carboxylic acids is 1. The highest BCUT2D eigenvalue weighted by Gasteiger charge is 2.54. The molecule has 0 bridgehead atoms. The fourth-order valence-electron chi connectivity index (χ4n) is 2.85. The van der Waals surface area contributed by atoms with Crippen LogP contribution in [0.4, 0.5) is 0 Å². The maximum atomic E-state index is 12.5. The van der Waals surface area contributed by atoms with Crippen LogP contribution in [0.25, 0.3) is 0 Å². The van der Waals surface area contributed by atoms with Crippen molar-refractivity contribution in [2.24, 2.45) is 7.05 Å². The summed E-state index contributed by atoms with van der Waals surface area (Å²) in [5, 5.41) is 31.3. The second-order valence-electron chi connectivity index (χ2n) is 6.28. The molecular weight excluding hydrogens is 458 g/mol. The maximum Gasteiger partial charge on any atom is 0.352 e. The van der Waals surface area contributed by atoms with E-state index in [1.54, 1.807) is 7.05 Å². The van der Waals surface area contributed by atoms with Crippen LogP contribution in [0, 0.1) is 11.3 Å². The Bertz CT molecular complexity index is 1080. The van der Waals surface area contributed by atoms with Gasteiger partial charge in [0.25, 0.3) is 5.91 Å². The van der Waals surface area contributed by atoms with E-state index in [1.807, 2.05) is 0 Å². The zero-order valence-electron chi connectivity index (χ0n) is 15.4. The van der Waals surface area contributed by atoms with Crippen LogP contribution in [0.2, 0.25) is 0 Å². The molecule has 0 saturated carbocycles. The molecule has 0 spiro atoms. The minimum atomic E-state index is -3.90. The van der Waals surface area contributed by atoms with Gasteiger partial charge in [-0.05, 0) is 16.0 Å². The van der Waals surface area contributed by atoms with Gasteiger partial charge in [-0.3, -0.25) is 14.5 Å². The summed E-state index contributed by atoms with van der Waals surface area (Å²) in [4.78, 5) is 37.4. The van der Waals surface area contributed by atoms with E-state index in [1.165, 1.54) is 34.3 Å². The summed E-state index contributed by atoms with van der Waals surface area (Å²) in [7, 11) is -2.26. The van der Waals surface area contributed by atoms with Crippen LogP contribution in [0.3, 0.4) is 0 Å². The number of thioether (sulfide) groups is 2. The molecule has 160 valence electrons. The first-order chi connectivity index (χ1) is 14.1. The molecule has 2 aliphatic heterocycles. The molecule has 1 saturated heterocycles. The second kappa shape index (κ2) is 8.62. The molecule has 13 nitrogen and oxygen atoms in total. The molecule has 1 fully saturated rings. The van der Waals surface area contributed by atoms with Crippen molar-refractivity contribution in [3.8, 4) is 6.07 Å². The number of fused-ring (bicyclic) bond motifs is 1. The second-order valence-corrected chi connectivity index (χ2v) is 10.4. The first-order valence-corrected chi connectivity index (χ1v) is 12.1. The van der Waals surface area contributed by atoms with Crippen molar-refractivity contribution in [1.29, 1.82) is 5.26 Å². The van der Waals surface area contributed by atoms with Crippen molar-refractivity contribution in [2.75, 3.05) is 23.0 Å². The highest BCUT2D eigenvalue weighted by Crippen LogP contribution is 2.41. The number of carbonyl (C=O) groups excluding carboxylic acids is 2. The molecule has 0 aromatic carbocycles. The Morgan fingerprint density at radius 3 is 2.80 bits per heavy atom. The Morgan fingerprint density at radius 2 is 2.20 bits per heavy atom. The van der Waals surface area contributed by atoms with E-state index in [9.17, 15) is 27.9 Å². The number of carbonyl (C=O) groups is 3. The van der Waals surface area contributed by atoms with E-state index in [2.05, 4.69) is 20.8 Å². The van der Waals surface area contributed by atoms with E-state index >= 15 is 0 Å². The Labute approximate surface area is 178 Å². The van der Waals surface area contributed by atoms with E-state index < -0.39 is 50.5 Å². The maximum absolute atomic E-state index is 12.5. The number of β-lactam (4-membered cyclic amide) rings is 1. The third-order valence-corrected chi connectivity index (χ3v) is 7.87. The van der Waals surface area contributed by atoms with Crippen molar-refractivity contribution in [3.63, 3.8) is 0 Å². The molecular formula is C14H15N7O6S3. The van der Waals surface area contributed by atoms with Crippen LogP contribution >= 0.6 is 23.5 Å². The lowest BCUT2D eigenvalue weighted by Gasteiger charge is -2.49. The predicted octanol–water partition coefficient (Wildman–Crippen LogP) is -2.02. The Kier molecular flexibility index (Phi) is 6.33. The van der Waals surface area contributed by atoms with Gasteiger partial charge in [0.1, 0.15) is 28.6 Å². The number of hydrogen-bond donors (Lipinski definition) is 2. The van der Waals surface area contributed by atoms with Crippen molar-refractivity contribution in [3.05, 3.63) is 11.3 Å². The number of aliphatic carboxylic acids is 1. The molecule has 1 aromatic heterocycles. The zero-order valence-corrected chi connectivity index (χ0v) is 17.8. The number of rotatable bonds is 8. The van der Waals surface area contributed by atoms with Crippen molar-refractivity contribution >= 4 is 51.1 Å². The number of tetrazole rings is 1. The molecule has 16 heteroatoms. The molecule has 2 N–H and O–H groups in total. The lowest BCUT2D eigenvalue weighted by molar-refractivity contribution is -0.150. The summed E-state index contributed by atoms with van der Waals surface area (Å²) in [5.41, 5.74) is 0.348. The number of hydrogen-bond acceptors (Lipinski definition) is 11. The molecule has 2 amide bonds. The smallest absolute Gasteiger partial charge is 0.352 e. The summed E-state index contributed by atoms with van der Waals surface area (Å²) in [6, 6.07) is 0.427. The average molecular weight is 474 g/mol. The molecule has 1 unspecified atom stereocenters. The summed E-state index contributed by atoms with van der Waals surface area (Å²) >= 11 is 2.49. The van der Waals surface area contributed by atoms with Gasteiger partial charge < -0.3 is 10.4 Å². The summed E-state index contributed by atoms with van der Waals surface area (Å²) in [5.74, 6) is -4.01. The molecule has 0 radical (unpaired) electrons. The first kappa shape index (κ1) is 22.1. The van der Waals surface area contributed by atoms with E-state index in [0.29, 0.717) is 16.5 Å². The first-order valence-electron chi connectivity index (χ1n) is 8.26. The number of aromatic nitrogens is 4. The Balaban J connectivity index is 1.70. The van der Waals surface area contributed by atoms with Crippen LogP contribution in [0.1, 0.15) is 0 Å². The van der Waals surface area contributed by atoms with Crippen LogP contribution in [0.5, 0.6) is 0 Å². The SMILES string of the molecule is Cn1nnnc1SCC1=C(C(=O)O)N2C(=O)C(NC(=O)CS(=O)(=O)CC#N)[C@H]2SC1. The standard InChI is InChI=1S/C14H15N7O6S3/c1-20-14(17-18-19-20)29-5-7-4-28-12-9(11(23)21(12)10(7)13(24)25)16-8(22)6-30(26,27)3-2-15/h9,12H,3-6H2,1H3,(H,16,22)(H,24,25)/t9?,12-/m1/s1. The van der Waals surface area contributed by atoms with E-state index in [-0.39, 0.29) is 11.4 Å². The van der Waals surface area contributed by atoms with E-state index in [0.717, 1.165) is 4.90 Å². The predicted molar refractivity (Wildman–Crippen MR) is 103 cm³/mol. The van der Waals surface area contributed by atoms with Crippen molar-refractivity contribution < 1.29 is 27.9 Å². The highest BCUT2D eigenvalue weighted by atomic mass is 32.2. The van der Waals surface area contributed by atoms with Gasteiger partial charge in [-0.1, -0.05) is 11.8 Å². The summed E-state index contributed by atoms with van der Waals surface area (Å²) < 4.78 is 24.6. The van der Waals surface area contributed by atoms with Crippen molar-refractivity contribution in [2.45, 2.75) is 16.6 Å². The zero-order chi connectivity index (χ0) is 22.1.